The first-order chi connectivity index (χ1) is 6.67. The van der Waals surface area contributed by atoms with Gasteiger partial charge in [0.25, 0.3) is 0 Å². The summed E-state index contributed by atoms with van der Waals surface area (Å²) in [6.45, 7) is 3.07. The van der Waals surface area contributed by atoms with E-state index in [-0.39, 0.29) is 5.54 Å². The molecule has 78 valence electrons. The Morgan fingerprint density at radius 3 is 2.57 bits per heavy atom. The molecule has 4 nitrogen and oxygen atoms in total. The molecule has 2 bridgehead atoms. The Bertz CT molecular complexity index is 237. The third-order valence-corrected chi connectivity index (χ3v) is 3.39. The highest BCUT2D eigenvalue weighted by atomic mass is 15.2. The van der Waals surface area contributed by atoms with Gasteiger partial charge in [0.05, 0.1) is 12.7 Å². The van der Waals surface area contributed by atoms with Crippen LogP contribution in [-0.4, -0.2) is 35.7 Å². The lowest BCUT2D eigenvalue weighted by molar-refractivity contribution is 0.0314. The standard InChI is InChI=1S/C10H18N4/c1-8-2-9-4-10(3-8,13-9)5-14(6-11)7-12/h6-9,11-13H,2-5H2,1H3. The summed E-state index contributed by atoms with van der Waals surface area (Å²) in [5, 5.41) is 17.9. The molecule has 4 heteroatoms. The van der Waals surface area contributed by atoms with Crippen molar-refractivity contribution in [3.63, 3.8) is 0 Å². The maximum atomic E-state index is 7.15. The Morgan fingerprint density at radius 2 is 2.07 bits per heavy atom. The molecular weight excluding hydrogens is 176 g/mol. The predicted molar refractivity (Wildman–Crippen MR) is 56.9 cm³/mol. The maximum absolute atomic E-state index is 7.15. The topological polar surface area (TPSA) is 63.0 Å². The number of hydrogen-bond donors (Lipinski definition) is 3. The zero-order valence-corrected chi connectivity index (χ0v) is 8.59. The van der Waals surface area contributed by atoms with Crippen LogP contribution in [0.25, 0.3) is 0 Å². The fourth-order valence-corrected chi connectivity index (χ4v) is 3.06. The third kappa shape index (κ3) is 1.54. The number of piperidine rings is 1. The summed E-state index contributed by atoms with van der Waals surface area (Å²) in [5.41, 5.74) is 0.192. The minimum absolute atomic E-state index is 0.192. The Balaban J connectivity index is 1.97. The van der Waals surface area contributed by atoms with Crippen LogP contribution in [0.1, 0.15) is 26.2 Å². The lowest BCUT2D eigenvalue weighted by Crippen LogP contribution is -2.71. The summed E-state index contributed by atoms with van der Waals surface area (Å²) in [6, 6.07) is 0.692. The molecule has 2 aliphatic heterocycles. The van der Waals surface area contributed by atoms with Crippen molar-refractivity contribution in [3.05, 3.63) is 0 Å². The van der Waals surface area contributed by atoms with Gasteiger partial charge in [-0.2, -0.15) is 0 Å². The lowest BCUT2D eigenvalue weighted by atomic mass is 9.66. The van der Waals surface area contributed by atoms with E-state index in [0.717, 1.165) is 12.5 Å². The first kappa shape index (κ1) is 9.65. The normalized spacial score (nSPS) is 39.8. The first-order valence-corrected chi connectivity index (χ1v) is 5.22. The van der Waals surface area contributed by atoms with Gasteiger partial charge in [0.2, 0.25) is 0 Å². The van der Waals surface area contributed by atoms with Crippen LogP contribution >= 0.6 is 0 Å². The van der Waals surface area contributed by atoms with Gasteiger partial charge in [0.1, 0.15) is 0 Å². The minimum atomic E-state index is 0.192. The predicted octanol–water partition coefficient (Wildman–Crippen LogP) is 1.03. The molecule has 3 fully saturated rings. The summed E-state index contributed by atoms with van der Waals surface area (Å²) in [4.78, 5) is 1.64. The average molecular weight is 194 g/mol. The van der Waals surface area contributed by atoms with Crippen LogP contribution < -0.4 is 5.32 Å². The molecule has 0 amide bonds. The van der Waals surface area contributed by atoms with E-state index >= 15 is 0 Å². The quantitative estimate of drug-likeness (QED) is 0.462. The fraction of sp³-hybridized carbons (Fsp3) is 0.800. The van der Waals surface area contributed by atoms with E-state index < -0.39 is 0 Å². The van der Waals surface area contributed by atoms with E-state index in [1.165, 1.54) is 31.9 Å². The van der Waals surface area contributed by atoms with Gasteiger partial charge in [0.15, 0.2) is 0 Å². The molecule has 0 radical (unpaired) electrons. The van der Waals surface area contributed by atoms with Crippen molar-refractivity contribution in [1.82, 2.24) is 10.2 Å². The maximum Gasteiger partial charge on any atom is 0.0869 e. The van der Waals surface area contributed by atoms with Gasteiger partial charge >= 0.3 is 0 Å². The molecule has 1 saturated carbocycles. The van der Waals surface area contributed by atoms with E-state index in [2.05, 4.69) is 12.2 Å². The molecule has 3 unspecified atom stereocenters. The molecule has 0 aromatic rings. The van der Waals surface area contributed by atoms with Crippen LogP contribution in [0, 0.1) is 16.7 Å². The molecule has 0 aromatic heterocycles. The van der Waals surface area contributed by atoms with E-state index in [4.69, 9.17) is 10.8 Å². The summed E-state index contributed by atoms with van der Waals surface area (Å²) in [6.07, 6.45) is 6.15. The summed E-state index contributed by atoms with van der Waals surface area (Å²) in [5.74, 6) is 0.785. The Kier molecular flexibility index (Phi) is 2.31. The van der Waals surface area contributed by atoms with Crippen LogP contribution in [0.4, 0.5) is 0 Å². The van der Waals surface area contributed by atoms with Gasteiger partial charge in [-0.25, -0.2) is 0 Å². The highest BCUT2D eigenvalue weighted by Crippen LogP contribution is 2.41. The molecule has 14 heavy (non-hydrogen) atoms. The lowest BCUT2D eigenvalue weighted by Gasteiger charge is -2.57. The monoisotopic (exact) mass is 194 g/mol. The van der Waals surface area contributed by atoms with Crippen molar-refractivity contribution >= 4 is 12.7 Å². The second kappa shape index (κ2) is 3.35. The summed E-state index contributed by atoms with van der Waals surface area (Å²) >= 11 is 0. The zero-order chi connectivity index (χ0) is 10.2. The third-order valence-electron chi connectivity index (χ3n) is 3.39. The van der Waals surface area contributed by atoms with Crippen LogP contribution in [0.3, 0.4) is 0 Å². The summed E-state index contributed by atoms with van der Waals surface area (Å²) < 4.78 is 0. The second-order valence-electron chi connectivity index (χ2n) is 4.80. The van der Waals surface area contributed by atoms with Crippen LogP contribution in [0.5, 0.6) is 0 Å². The molecule has 3 N–H and O–H groups in total. The van der Waals surface area contributed by atoms with Crippen molar-refractivity contribution in [2.24, 2.45) is 5.92 Å². The van der Waals surface area contributed by atoms with Crippen molar-refractivity contribution in [2.45, 2.75) is 37.8 Å². The van der Waals surface area contributed by atoms with Gasteiger partial charge in [-0.15, -0.1) is 0 Å². The van der Waals surface area contributed by atoms with Crippen molar-refractivity contribution in [1.29, 1.82) is 10.8 Å². The van der Waals surface area contributed by atoms with E-state index in [1.54, 1.807) is 4.90 Å². The largest absolute Gasteiger partial charge is 0.322 e. The smallest absolute Gasteiger partial charge is 0.0869 e. The SMILES string of the molecule is CC1CC2CC(CN(C=N)C=N)(C1)N2. The highest BCUT2D eigenvalue weighted by Gasteiger charge is 2.49. The van der Waals surface area contributed by atoms with Crippen LogP contribution in [0.2, 0.25) is 0 Å². The van der Waals surface area contributed by atoms with Crippen molar-refractivity contribution in [3.8, 4) is 0 Å². The number of nitrogens with one attached hydrogen (secondary N) is 3. The second-order valence-corrected chi connectivity index (χ2v) is 4.80. The number of hydrogen-bond acceptors (Lipinski definition) is 3. The molecule has 0 spiro atoms. The Morgan fingerprint density at radius 1 is 1.43 bits per heavy atom. The van der Waals surface area contributed by atoms with Crippen molar-refractivity contribution < 1.29 is 0 Å². The molecule has 3 atom stereocenters. The van der Waals surface area contributed by atoms with Crippen LogP contribution in [0.15, 0.2) is 0 Å². The summed E-state index contributed by atoms with van der Waals surface area (Å²) in [7, 11) is 0. The molecule has 2 heterocycles. The average Bonchev–Trinajstić information content (AvgIpc) is 2.12. The Hall–Kier alpha value is -0.900. The molecule has 1 aliphatic carbocycles. The van der Waals surface area contributed by atoms with E-state index in [9.17, 15) is 0 Å². The fourth-order valence-electron chi connectivity index (χ4n) is 3.06. The van der Waals surface area contributed by atoms with Gasteiger partial charge in [0, 0.05) is 18.1 Å². The molecule has 3 rings (SSSR count). The van der Waals surface area contributed by atoms with Gasteiger partial charge in [-0.3, -0.25) is 10.8 Å². The van der Waals surface area contributed by atoms with Gasteiger partial charge < -0.3 is 10.2 Å². The zero-order valence-electron chi connectivity index (χ0n) is 8.59. The number of nitrogens with zero attached hydrogens (tertiary/aromatic N) is 1. The van der Waals surface area contributed by atoms with Gasteiger partial charge in [-0.05, 0) is 25.2 Å². The molecular formula is C10H18N4. The van der Waals surface area contributed by atoms with E-state index in [1.807, 2.05) is 0 Å². The highest BCUT2D eigenvalue weighted by molar-refractivity contribution is 5.71. The number of rotatable bonds is 4. The van der Waals surface area contributed by atoms with Crippen LogP contribution in [-0.2, 0) is 0 Å². The first-order valence-electron chi connectivity index (χ1n) is 5.22. The number of fused-ring (bicyclic) bond motifs is 2. The van der Waals surface area contributed by atoms with E-state index in [0.29, 0.717) is 6.04 Å². The van der Waals surface area contributed by atoms with Gasteiger partial charge in [-0.1, -0.05) is 6.92 Å². The van der Waals surface area contributed by atoms with Crippen molar-refractivity contribution in [2.75, 3.05) is 6.54 Å². The molecule has 2 saturated heterocycles. The minimum Gasteiger partial charge on any atom is -0.322 e. The Labute approximate surface area is 84.7 Å². The molecule has 0 aromatic carbocycles. The molecule has 3 aliphatic rings.